The molecule has 1 N–H and O–H groups in total. The number of halogens is 4. The van der Waals surface area contributed by atoms with Crippen molar-refractivity contribution in [3.8, 4) is 0 Å². The maximum Gasteiger partial charge on any atom is 0.416 e. The summed E-state index contributed by atoms with van der Waals surface area (Å²) in [6.45, 7) is -0.356. The van der Waals surface area contributed by atoms with Gasteiger partial charge in [-0.05, 0) is 35.4 Å². The molecule has 152 valence electrons. The standard InChI is InChI=1S/C18H18F4N2O3S/c1-24-17(13-5-3-6-14(9-13)18(20,21)22)16(11-27-24)28(25,26)23-10-12-4-2-7-15(19)8-12/h2-9,16-17,23H,10-11H2,1H3/t16-,17+/m1/s1. The average Bonchev–Trinajstić information content (AvgIpc) is 3.02. The second-order valence-corrected chi connectivity index (χ2v) is 8.43. The summed E-state index contributed by atoms with van der Waals surface area (Å²) in [5.41, 5.74) is -0.267. The van der Waals surface area contributed by atoms with Gasteiger partial charge >= 0.3 is 6.18 Å². The predicted molar refractivity (Wildman–Crippen MR) is 93.8 cm³/mol. The number of sulfonamides is 1. The van der Waals surface area contributed by atoms with Crippen LogP contribution in [0.4, 0.5) is 17.6 Å². The SMILES string of the molecule is CN1OC[C@@H](S(=O)(=O)NCc2cccc(F)c2)[C@@H]1c1cccc(C(F)(F)F)c1. The van der Waals surface area contributed by atoms with Gasteiger partial charge in [0.25, 0.3) is 0 Å². The van der Waals surface area contributed by atoms with Gasteiger partial charge < -0.3 is 0 Å². The van der Waals surface area contributed by atoms with E-state index >= 15 is 0 Å². The van der Waals surface area contributed by atoms with Gasteiger partial charge in [0.05, 0.1) is 18.2 Å². The molecule has 0 amide bonds. The molecular formula is C18H18F4N2O3S. The molecule has 0 saturated carbocycles. The Morgan fingerprint density at radius 2 is 1.89 bits per heavy atom. The molecule has 1 saturated heterocycles. The van der Waals surface area contributed by atoms with Crippen molar-refractivity contribution in [2.24, 2.45) is 0 Å². The smallest absolute Gasteiger partial charge is 0.297 e. The van der Waals surface area contributed by atoms with Crippen molar-refractivity contribution in [2.45, 2.75) is 24.0 Å². The van der Waals surface area contributed by atoms with Crippen LogP contribution in [-0.4, -0.2) is 32.4 Å². The zero-order chi connectivity index (χ0) is 20.5. The van der Waals surface area contributed by atoms with Crippen LogP contribution in [0.25, 0.3) is 0 Å². The van der Waals surface area contributed by atoms with Crippen molar-refractivity contribution in [3.05, 3.63) is 71.0 Å². The lowest BCUT2D eigenvalue weighted by Crippen LogP contribution is -2.39. The Balaban J connectivity index is 1.84. The van der Waals surface area contributed by atoms with Crippen LogP contribution in [-0.2, 0) is 27.6 Å². The molecule has 3 rings (SSSR count). The lowest BCUT2D eigenvalue weighted by molar-refractivity contribution is -0.138. The fraction of sp³-hybridized carbons (Fsp3) is 0.333. The summed E-state index contributed by atoms with van der Waals surface area (Å²) in [5.74, 6) is -0.498. The van der Waals surface area contributed by atoms with E-state index in [1.54, 1.807) is 6.07 Å². The topological polar surface area (TPSA) is 58.6 Å². The molecule has 1 aliphatic rings. The molecule has 1 heterocycles. The first-order valence-corrected chi connectivity index (χ1v) is 9.88. The van der Waals surface area contributed by atoms with Crippen molar-refractivity contribution >= 4 is 10.0 Å². The minimum Gasteiger partial charge on any atom is -0.297 e. The number of nitrogens with zero attached hydrogens (tertiary/aromatic N) is 1. The molecule has 0 unspecified atom stereocenters. The van der Waals surface area contributed by atoms with E-state index in [0.29, 0.717) is 5.56 Å². The summed E-state index contributed by atoms with van der Waals surface area (Å²) in [5, 5.41) is 0.108. The Bertz CT molecular complexity index is 950. The van der Waals surface area contributed by atoms with E-state index in [9.17, 15) is 26.0 Å². The van der Waals surface area contributed by atoms with E-state index < -0.39 is 38.9 Å². The Morgan fingerprint density at radius 1 is 1.18 bits per heavy atom. The van der Waals surface area contributed by atoms with Crippen LogP contribution in [0.3, 0.4) is 0 Å². The number of hydrogen-bond donors (Lipinski definition) is 1. The molecule has 0 spiro atoms. The van der Waals surface area contributed by atoms with E-state index in [2.05, 4.69) is 4.72 Å². The molecule has 1 fully saturated rings. The van der Waals surface area contributed by atoms with E-state index in [-0.39, 0.29) is 18.7 Å². The summed E-state index contributed by atoms with van der Waals surface area (Å²) >= 11 is 0. The van der Waals surface area contributed by atoms with Gasteiger partial charge in [-0.3, -0.25) is 4.84 Å². The average molecular weight is 418 g/mol. The number of nitrogens with one attached hydrogen (secondary N) is 1. The first-order valence-electron chi connectivity index (χ1n) is 8.34. The van der Waals surface area contributed by atoms with Gasteiger partial charge in [-0.25, -0.2) is 17.5 Å². The summed E-state index contributed by atoms with van der Waals surface area (Å²) < 4.78 is 80.2. The first-order chi connectivity index (χ1) is 13.1. The van der Waals surface area contributed by atoms with Gasteiger partial charge in [0.15, 0.2) is 0 Å². The fourth-order valence-corrected chi connectivity index (χ4v) is 4.61. The summed E-state index contributed by atoms with van der Waals surface area (Å²) in [6.07, 6.45) is -4.54. The normalized spacial score (nSPS) is 21.2. The maximum atomic E-state index is 13.3. The highest BCUT2D eigenvalue weighted by atomic mass is 32.2. The van der Waals surface area contributed by atoms with E-state index in [1.807, 2.05) is 0 Å². The molecule has 0 aliphatic carbocycles. The highest BCUT2D eigenvalue weighted by Gasteiger charge is 2.43. The van der Waals surface area contributed by atoms with Crippen LogP contribution in [0.5, 0.6) is 0 Å². The highest BCUT2D eigenvalue weighted by molar-refractivity contribution is 7.90. The molecular weight excluding hydrogens is 400 g/mol. The number of hydrogen-bond acceptors (Lipinski definition) is 4. The van der Waals surface area contributed by atoms with Gasteiger partial charge in [-0.2, -0.15) is 18.2 Å². The molecule has 2 atom stereocenters. The molecule has 2 aromatic carbocycles. The van der Waals surface area contributed by atoms with Crippen LogP contribution in [0.1, 0.15) is 22.7 Å². The molecule has 10 heteroatoms. The number of benzene rings is 2. The van der Waals surface area contributed by atoms with Crippen molar-refractivity contribution in [2.75, 3.05) is 13.7 Å². The minimum atomic E-state index is -4.54. The Morgan fingerprint density at radius 3 is 2.57 bits per heavy atom. The van der Waals surface area contributed by atoms with Crippen molar-refractivity contribution in [1.82, 2.24) is 9.79 Å². The molecule has 1 aliphatic heterocycles. The zero-order valence-corrected chi connectivity index (χ0v) is 15.6. The van der Waals surface area contributed by atoms with Gasteiger partial charge in [0, 0.05) is 13.6 Å². The van der Waals surface area contributed by atoms with Crippen molar-refractivity contribution < 1.29 is 30.8 Å². The van der Waals surface area contributed by atoms with Gasteiger partial charge in [-0.15, -0.1) is 0 Å². The molecule has 28 heavy (non-hydrogen) atoms. The van der Waals surface area contributed by atoms with Gasteiger partial charge in [0.1, 0.15) is 11.1 Å². The Kier molecular flexibility index (Phi) is 5.76. The van der Waals surface area contributed by atoms with Crippen LogP contribution in [0.15, 0.2) is 48.5 Å². The minimum absolute atomic E-state index is 0.143. The number of hydroxylamine groups is 2. The van der Waals surface area contributed by atoms with E-state index in [4.69, 9.17) is 4.84 Å². The zero-order valence-electron chi connectivity index (χ0n) is 14.8. The second kappa shape index (κ2) is 7.78. The quantitative estimate of drug-likeness (QED) is 0.758. The van der Waals surface area contributed by atoms with Crippen molar-refractivity contribution in [1.29, 1.82) is 0 Å². The summed E-state index contributed by atoms with van der Waals surface area (Å²) in [7, 11) is -2.50. The third kappa shape index (κ3) is 4.52. The lowest BCUT2D eigenvalue weighted by Gasteiger charge is -2.24. The van der Waals surface area contributed by atoms with Crippen LogP contribution >= 0.6 is 0 Å². The first kappa shape index (κ1) is 20.7. The lowest BCUT2D eigenvalue weighted by atomic mass is 10.0. The van der Waals surface area contributed by atoms with E-state index in [1.165, 1.54) is 42.4 Å². The molecule has 0 aromatic heterocycles. The molecule has 5 nitrogen and oxygen atoms in total. The highest BCUT2D eigenvalue weighted by Crippen LogP contribution is 2.36. The monoisotopic (exact) mass is 418 g/mol. The van der Waals surface area contributed by atoms with Crippen LogP contribution in [0.2, 0.25) is 0 Å². The fourth-order valence-electron chi connectivity index (χ4n) is 3.12. The largest absolute Gasteiger partial charge is 0.416 e. The maximum absolute atomic E-state index is 13.3. The van der Waals surface area contributed by atoms with Gasteiger partial charge in [0.2, 0.25) is 10.0 Å². The third-order valence-electron chi connectivity index (χ3n) is 4.51. The Labute approximate surface area is 159 Å². The van der Waals surface area contributed by atoms with Gasteiger partial charge in [-0.1, -0.05) is 24.3 Å². The summed E-state index contributed by atoms with van der Waals surface area (Å²) in [4.78, 5) is 5.29. The number of alkyl halides is 3. The summed E-state index contributed by atoms with van der Waals surface area (Å²) in [6, 6.07) is 9.03. The second-order valence-electron chi connectivity index (χ2n) is 6.44. The van der Waals surface area contributed by atoms with Crippen molar-refractivity contribution in [3.63, 3.8) is 0 Å². The Hall–Kier alpha value is -2.01. The third-order valence-corrected chi connectivity index (χ3v) is 6.24. The molecule has 2 aromatic rings. The molecule has 0 radical (unpaired) electrons. The van der Waals surface area contributed by atoms with Crippen LogP contribution in [0, 0.1) is 5.82 Å². The van der Waals surface area contributed by atoms with Crippen LogP contribution < -0.4 is 4.72 Å². The van der Waals surface area contributed by atoms with E-state index in [0.717, 1.165) is 12.1 Å². The molecule has 0 bridgehead atoms. The predicted octanol–water partition coefficient (Wildman–Crippen LogP) is 3.25. The number of rotatable bonds is 5.